The fourth-order valence-corrected chi connectivity index (χ4v) is 2.90. The zero-order valence-corrected chi connectivity index (χ0v) is 10.2. The van der Waals surface area contributed by atoms with Gasteiger partial charge in [-0.2, -0.15) is 0 Å². The first-order valence-electron chi connectivity index (χ1n) is 6.06. The Bertz CT molecular complexity index is 284. The summed E-state index contributed by atoms with van der Waals surface area (Å²) < 4.78 is 5.18. The van der Waals surface area contributed by atoms with E-state index in [-0.39, 0.29) is 12.1 Å². The van der Waals surface area contributed by atoms with E-state index in [4.69, 9.17) is 4.74 Å². The first-order valence-corrected chi connectivity index (χ1v) is 6.06. The molecule has 0 heterocycles. The van der Waals surface area contributed by atoms with Crippen LogP contribution in [0.5, 0.6) is 0 Å². The lowest BCUT2D eigenvalue weighted by Crippen LogP contribution is -2.62. The van der Waals surface area contributed by atoms with Gasteiger partial charge in [-0.15, -0.1) is 0 Å². The lowest BCUT2D eigenvalue weighted by atomic mass is 9.69. The van der Waals surface area contributed by atoms with Crippen molar-refractivity contribution in [3.8, 4) is 0 Å². The first-order chi connectivity index (χ1) is 7.38. The molecule has 16 heavy (non-hydrogen) atoms. The van der Waals surface area contributed by atoms with Gasteiger partial charge in [0.25, 0.3) is 0 Å². The Morgan fingerprint density at radius 3 is 2.56 bits per heavy atom. The molecule has 2 saturated carbocycles. The number of aliphatic hydroxyl groups is 1. The van der Waals surface area contributed by atoms with Gasteiger partial charge >= 0.3 is 6.09 Å². The molecule has 0 aliphatic heterocycles. The molecule has 2 aliphatic carbocycles. The van der Waals surface area contributed by atoms with Gasteiger partial charge in [0.15, 0.2) is 0 Å². The maximum atomic E-state index is 11.6. The van der Waals surface area contributed by atoms with E-state index in [2.05, 4.69) is 5.32 Å². The molecule has 0 spiro atoms. The Morgan fingerprint density at radius 2 is 1.94 bits per heavy atom. The van der Waals surface area contributed by atoms with Crippen LogP contribution in [0.15, 0.2) is 0 Å². The molecule has 2 aliphatic rings. The van der Waals surface area contributed by atoms with Crippen LogP contribution in [-0.4, -0.2) is 28.9 Å². The first kappa shape index (κ1) is 11.7. The van der Waals surface area contributed by atoms with E-state index in [0.717, 1.165) is 12.8 Å². The standard InChI is InChI=1S/C12H21NO3/c1-12(2,3)16-11(15)13-9-7-5-4-6-8(7)10(9)14/h7-10,14H,4-6H2,1-3H3,(H,13,15)/t7-,8+,9-,10+/m0/s1. The molecule has 1 amide bonds. The van der Waals surface area contributed by atoms with Gasteiger partial charge in [0, 0.05) is 0 Å². The summed E-state index contributed by atoms with van der Waals surface area (Å²) in [6.07, 6.45) is 2.58. The summed E-state index contributed by atoms with van der Waals surface area (Å²) in [6, 6.07) is -0.0950. The highest BCUT2D eigenvalue weighted by molar-refractivity contribution is 5.68. The van der Waals surface area contributed by atoms with E-state index in [1.54, 1.807) is 0 Å². The van der Waals surface area contributed by atoms with Crippen LogP contribution in [0.25, 0.3) is 0 Å². The minimum Gasteiger partial charge on any atom is -0.444 e. The fraction of sp³-hybridized carbons (Fsp3) is 0.917. The molecule has 4 heteroatoms. The predicted octanol–water partition coefficient (Wildman–Crippen LogP) is 1.67. The molecule has 0 bridgehead atoms. The van der Waals surface area contributed by atoms with E-state index in [0.29, 0.717) is 11.8 Å². The van der Waals surface area contributed by atoms with Crippen molar-refractivity contribution in [2.45, 2.75) is 57.8 Å². The molecule has 2 fully saturated rings. The van der Waals surface area contributed by atoms with Crippen LogP contribution < -0.4 is 5.32 Å². The quantitative estimate of drug-likeness (QED) is 0.716. The number of hydrogen-bond donors (Lipinski definition) is 2. The summed E-state index contributed by atoms with van der Waals surface area (Å²) >= 11 is 0. The Labute approximate surface area is 96.4 Å². The highest BCUT2D eigenvalue weighted by atomic mass is 16.6. The van der Waals surface area contributed by atoms with Crippen molar-refractivity contribution in [1.29, 1.82) is 0 Å². The highest BCUT2D eigenvalue weighted by Crippen LogP contribution is 2.47. The van der Waals surface area contributed by atoms with Crippen molar-refractivity contribution in [1.82, 2.24) is 5.32 Å². The minimum atomic E-state index is -0.478. The van der Waals surface area contributed by atoms with E-state index >= 15 is 0 Å². The number of fused-ring (bicyclic) bond motifs is 1. The van der Waals surface area contributed by atoms with Crippen LogP contribution in [0.4, 0.5) is 4.79 Å². The van der Waals surface area contributed by atoms with Gasteiger partial charge in [-0.3, -0.25) is 0 Å². The summed E-state index contributed by atoms with van der Waals surface area (Å²) in [5.74, 6) is 0.863. The molecule has 4 atom stereocenters. The van der Waals surface area contributed by atoms with Crippen LogP contribution in [0.1, 0.15) is 40.0 Å². The number of aliphatic hydroxyl groups excluding tert-OH is 1. The largest absolute Gasteiger partial charge is 0.444 e. The lowest BCUT2D eigenvalue weighted by Gasteiger charge is -2.46. The average Bonchev–Trinajstić information content (AvgIpc) is 2.55. The molecule has 0 aromatic carbocycles. The van der Waals surface area contributed by atoms with Crippen molar-refractivity contribution in [2.24, 2.45) is 11.8 Å². The average molecular weight is 227 g/mol. The van der Waals surface area contributed by atoms with Gasteiger partial charge in [-0.1, -0.05) is 6.42 Å². The number of nitrogens with one attached hydrogen (secondary N) is 1. The maximum absolute atomic E-state index is 11.6. The molecule has 0 aromatic heterocycles. The number of carbonyl (C=O) groups excluding carboxylic acids is 1. The van der Waals surface area contributed by atoms with Crippen LogP contribution >= 0.6 is 0 Å². The number of ether oxygens (including phenoxy) is 1. The number of hydrogen-bond acceptors (Lipinski definition) is 3. The SMILES string of the molecule is CC(C)(C)OC(=O)N[C@@H]1[C@H](O)[C@@H]2CCC[C@@H]21. The second-order valence-electron chi connectivity index (χ2n) is 5.92. The van der Waals surface area contributed by atoms with E-state index in [1.807, 2.05) is 20.8 Å². The normalized spacial score (nSPS) is 37.5. The van der Waals surface area contributed by atoms with Crippen molar-refractivity contribution in [3.05, 3.63) is 0 Å². The van der Waals surface area contributed by atoms with Crippen LogP contribution in [0.2, 0.25) is 0 Å². The molecular weight excluding hydrogens is 206 g/mol. The number of rotatable bonds is 1. The van der Waals surface area contributed by atoms with Crippen molar-refractivity contribution < 1.29 is 14.6 Å². The zero-order chi connectivity index (χ0) is 11.9. The maximum Gasteiger partial charge on any atom is 0.407 e. The summed E-state index contributed by atoms with van der Waals surface area (Å²) in [7, 11) is 0. The number of carbonyl (C=O) groups is 1. The Kier molecular flexibility index (Phi) is 2.86. The van der Waals surface area contributed by atoms with E-state index < -0.39 is 11.7 Å². The molecule has 0 aromatic rings. The fourth-order valence-electron chi connectivity index (χ4n) is 2.90. The monoisotopic (exact) mass is 227 g/mol. The molecule has 0 radical (unpaired) electrons. The van der Waals surface area contributed by atoms with Gasteiger partial charge in [-0.05, 0) is 45.4 Å². The third-order valence-electron chi connectivity index (χ3n) is 3.58. The predicted molar refractivity (Wildman–Crippen MR) is 60.0 cm³/mol. The number of amides is 1. The van der Waals surface area contributed by atoms with Gasteiger partial charge in [-0.25, -0.2) is 4.79 Å². The Morgan fingerprint density at radius 1 is 1.31 bits per heavy atom. The molecular formula is C12H21NO3. The molecule has 0 saturated heterocycles. The van der Waals surface area contributed by atoms with Crippen LogP contribution in [0.3, 0.4) is 0 Å². The van der Waals surface area contributed by atoms with E-state index in [1.165, 1.54) is 6.42 Å². The molecule has 2 rings (SSSR count). The molecule has 0 unspecified atom stereocenters. The zero-order valence-electron chi connectivity index (χ0n) is 10.2. The van der Waals surface area contributed by atoms with Crippen molar-refractivity contribution in [3.63, 3.8) is 0 Å². The number of alkyl carbamates (subject to hydrolysis) is 1. The Balaban J connectivity index is 1.84. The molecule has 92 valence electrons. The third kappa shape index (κ3) is 2.17. The van der Waals surface area contributed by atoms with Gasteiger partial charge in [0.1, 0.15) is 5.60 Å². The van der Waals surface area contributed by atoms with Crippen LogP contribution in [-0.2, 0) is 4.74 Å². The highest BCUT2D eigenvalue weighted by Gasteiger charge is 2.52. The van der Waals surface area contributed by atoms with Gasteiger partial charge < -0.3 is 15.2 Å². The Hall–Kier alpha value is -0.770. The van der Waals surface area contributed by atoms with Crippen LogP contribution in [0, 0.1) is 11.8 Å². The summed E-state index contributed by atoms with van der Waals surface area (Å²) in [4.78, 5) is 11.6. The van der Waals surface area contributed by atoms with E-state index in [9.17, 15) is 9.90 Å². The summed E-state index contributed by atoms with van der Waals surface area (Å²) in [5.41, 5.74) is -0.478. The van der Waals surface area contributed by atoms with Gasteiger partial charge in [0.05, 0.1) is 12.1 Å². The molecule has 2 N–H and O–H groups in total. The van der Waals surface area contributed by atoms with Gasteiger partial charge in [0.2, 0.25) is 0 Å². The third-order valence-corrected chi connectivity index (χ3v) is 3.58. The molecule has 4 nitrogen and oxygen atoms in total. The van der Waals surface area contributed by atoms with Crippen molar-refractivity contribution >= 4 is 6.09 Å². The second kappa shape index (κ2) is 3.91. The lowest BCUT2D eigenvalue weighted by molar-refractivity contribution is -0.0582. The smallest absolute Gasteiger partial charge is 0.407 e. The second-order valence-corrected chi connectivity index (χ2v) is 5.92. The minimum absolute atomic E-state index is 0.0950. The topological polar surface area (TPSA) is 58.6 Å². The van der Waals surface area contributed by atoms with Crippen molar-refractivity contribution in [2.75, 3.05) is 0 Å². The summed E-state index contributed by atoms with van der Waals surface area (Å²) in [5, 5.41) is 12.6. The summed E-state index contributed by atoms with van der Waals surface area (Å²) in [6.45, 7) is 5.51.